The van der Waals surface area contributed by atoms with Crippen LogP contribution in [0.3, 0.4) is 0 Å². The topological polar surface area (TPSA) is 212 Å². The second-order valence-corrected chi connectivity index (χ2v) is 7.93. The lowest BCUT2D eigenvalue weighted by Crippen LogP contribution is -2.56. The summed E-state index contributed by atoms with van der Waals surface area (Å²) in [6, 6.07) is 10.2. The van der Waals surface area contributed by atoms with Gasteiger partial charge in [-0.3, -0.25) is 24.6 Å². The number of nitrogens with two attached hydrogens (primary N) is 1. The molecule has 2 aromatic carbocycles. The quantitative estimate of drug-likeness (QED) is 0.154. The van der Waals surface area contributed by atoms with Gasteiger partial charge >= 0.3 is 11.9 Å². The van der Waals surface area contributed by atoms with E-state index in [2.05, 4.69) is 16.0 Å². The van der Waals surface area contributed by atoms with Crippen molar-refractivity contribution in [2.24, 2.45) is 5.73 Å². The number of hydrogen-bond acceptors (Lipinski definition) is 6. The molecule has 36 heavy (non-hydrogen) atoms. The van der Waals surface area contributed by atoms with Crippen LogP contribution >= 0.6 is 0 Å². The number of rotatable bonds is 12. The van der Waals surface area contributed by atoms with Gasteiger partial charge < -0.3 is 31.9 Å². The molecule has 2 rings (SSSR count). The molecule has 0 fully saturated rings. The van der Waals surface area contributed by atoms with Crippen LogP contribution < -0.4 is 21.7 Å². The highest BCUT2D eigenvalue weighted by atomic mass is 16.4. The zero-order valence-electron chi connectivity index (χ0n) is 19.4. The number of hydrogen-bond donors (Lipinski definition) is 7. The molecule has 0 aromatic heterocycles. The van der Waals surface area contributed by atoms with Gasteiger partial charge in [0.2, 0.25) is 11.8 Å². The maximum Gasteiger partial charge on any atom is 0.326 e. The van der Waals surface area contributed by atoms with Gasteiger partial charge in [0.15, 0.2) is 0 Å². The summed E-state index contributed by atoms with van der Waals surface area (Å²) in [7, 11) is 0. The molecule has 2 aromatic rings. The fourth-order valence-corrected chi connectivity index (χ4v) is 3.15. The van der Waals surface area contributed by atoms with Crippen LogP contribution in [0.4, 0.5) is 0 Å². The summed E-state index contributed by atoms with van der Waals surface area (Å²) < 4.78 is 0. The molecule has 3 amide bonds. The molecule has 12 nitrogen and oxygen atoms in total. The fraction of sp³-hybridized carbons (Fsp3) is 0.250. The van der Waals surface area contributed by atoms with E-state index in [0.717, 1.165) is 0 Å². The molecule has 0 heterocycles. The summed E-state index contributed by atoms with van der Waals surface area (Å²) in [6.45, 7) is 1.34. The van der Waals surface area contributed by atoms with Crippen molar-refractivity contribution in [1.82, 2.24) is 16.0 Å². The molecule has 0 aliphatic heterocycles. The average Bonchev–Trinajstić information content (AvgIpc) is 2.83. The Hall–Kier alpha value is -4.74. The Kier molecular flexibility index (Phi) is 9.66. The Morgan fingerprint density at radius 2 is 1.39 bits per heavy atom. The number of carboxylic acids is 2. The second kappa shape index (κ2) is 12.6. The first kappa shape index (κ1) is 27.5. The summed E-state index contributed by atoms with van der Waals surface area (Å²) in [6.07, 6.45) is -0.854. The number of amidine groups is 1. The molecule has 190 valence electrons. The largest absolute Gasteiger partial charge is 0.481 e. The molecule has 8 N–H and O–H groups in total. The molecule has 3 atom stereocenters. The van der Waals surface area contributed by atoms with Crippen molar-refractivity contribution >= 4 is 35.5 Å². The van der Waals surface area contributed by atoms with Crippen molar-refractivity contribution in [3.8, 4) is 0 Å². The molecule has 0 spiro atoms. The van der Waals surface area contributed by atoms with E-state index >= 15 is 0 Å². The fourth-order valence-electron chi connectivity index (χ4n) is 3.15. The van der Waals surface area contributed by atoms with Gasteiger partial charge in [-0.25, -0.2) is 4.79 Å². The highest BCUT2D eigenvalue weighted by Gasteiger charge is 2.30. The number of nitrogens with one attached hydrogen (secondary N) is 4. The normalized spacial score (nSPS) is 12.9. The van der Waals surface area contributed by atoms with Crippen LogP contribution in [-0.4, -0.2) is 63.8 Å². The van der Waals surface area contributed by atoms with Crippen LogP contribution in [0.1, 0.15) is 34.8 Å². The first-order valence-electron chi connectivity index (χ1n) is 10.8. The van der Waals surface area contributed by atoms with E-state index in [1.165, 1.54) is 31.2 Å². The van der Waals surface area contributed by atoms with Gasteiger partial charge in [0.05, 0.1) is 6.42 Å². The summed E-state index contributed by atoms with van der Waals surface area (Å²) in [5, 5.41) is 33.0. The van der Waals surface area contributed by atoms with Crippen molar-refractivity contribution < 1.29 is 34.2 Å². The SMILES string of the molecule is C[C@H](NC(=O)c1ccc(C(=N)N)cc1)C(=O)N[C@@H](CC(=O)O)C(=O)N[C@@H](Cc1ccccc1)C(=O)O. The maximum atomic E-state index is 12.7. The first-order chi connectivity index (χ1) is 17.0. The van der Waals surface area contributed by atoms with Crippen LogP contribution in [0.15, 0.2) is 54.6 Å². The lowest BCUT2D eigenvalue weighted by atomic mass is 10.0. The molecule has 0 aliphatic rings. The van der Waals surface area contributed by atoms with E-state index in [9.17, 15) is 34.2 Å². The highest BCUT2D eigenvalue weighted by Crippen LogP contribution is 2.06. The summed E-state index contributed by atoms with van der Waals surface area (Å²) in [5.41, 5.74) is 6.60. The minimum absolute atomic E-state index is 0.0511. The molecule has 0 radical (unpaired) electrons. The molecule has 0 unspecified atom stereocenters. The van der Waals surface area contributed by atoms with Crippen LogP contribution in [0.2, 0.25) is 0 Å². The smallest absolute Gasteiger partial charge is 0.326 e. The highest BCUT2D eigenvalue weighted by molar-refractivity contribution is 6.00. The third kappa shape index (κ3) is 8.24. The second-order valence-electron chi connectivity index (χ2n) is 7.93. The Morgan fingerprint density at radius 1 is 0.833 bits per heavy atom. The zero-order chi connectivity index (χ0) is 26.8. The number of benzene rings is 2. The van der Waals surface area contributed by atoms with E-state index in [0.29, 0.717) is 11.1 Å². The van der Waals surface area contributed by atoms with Crippen LogP contribution in [0.25, 0.3) is 0 Å². The summed E-state index contributed by atoms with van der Waals surface area (Å²) in [5.74, 6) is -5.36. The third-order valence-corrected chi connectivity index (χ3v) is 5.11. The van der Waals surface area contributed by atoms with Gasteiger partial charge in [-0.2, -0.15) is 0 Å². The Balaban J connectivity index is 2.05. The molecule has 0 saturated heterocycles. The number of carbonyl (C=O) groups excluding carboxylic acids is 3. The van der Waals surface area contributed by atoms with Crippen LogP contribution in [0, 0.1) is 5.41 Å². The molecule has 0 aliphatic carbocycles. The molecular weight excluding hydrogens is 470 g/mol. The van der Waals surface area contributed by atoms with Gasteiger partial charge in [0.1, 0.15) is 24.0 Å². The number of amides is 3. The molecule has 0 bridgehead atoms. The van der Waals surface area contributed by atoms with E-state index in [-0.39, 0.29) is 17.8 Å². The van der Waals surface area contributed by atoms with Crippen LogP contribution in [-0.2, 0) is 25.6 Å². The minimum atomic E-state index is -1.58. The monoisotopic (exact) mass is 497 g/mol. The Morgan fingerprint density at radius 3 is 1.92 bits per heavy atom. The maximum absolute atomic E-state index is 12.7. The van der Waals surface area contributed by atoms with Crippen LogP contribution in [0.5, 0.6) is 0 Å². The number of carboxylic acid groups (broad SMARTS) is 2. The summed E-state index contributed by atoms with van der Waals surface area (Å²) >= 11 is 0. The first-order valence-corrected chi connectivity index (χ1v) is 10.8. The predicted molar refractivity (Wildman–Crippen MR) is 128 cm³/mol. The van der Waals surface area contributed by atoms with Gasteiger partial charge in [-0.1, -0.05) is 42.5 Å². The third-order valence-electron chi connectivity index (χ3n) is 5.11. The van der Waals surface area contributed by atoms with Gasteiger partial charge in [-0.05, 0) is 24.6 Å². The van der Waals surface area contributed by atoms with Crippen molar-refractivity contribution in [2.45, 2.75) is 37.9 Å². The van der Waals surface area contributed by atoms with Crippen molar-refractivity contribution in [3.05, 3.63) is 71.3 Å². The Labute approximate surface area is 206 Å². The van der Waals surface area contributed by atoms with E-state index in [4.69, 9.17) is 11.1 Å². The standard InChI is InChI=1S/C24H27N5O7/c1-13(27-22(33)16-9-7-15(8-10-16)20(25)26)21(32)28-17(12-19(30)31)23(34)29-18(24(35)36)11-14-5-3-2-4-6-14/h2-10,13,17-18H,11-12H2,1H3,(H3,25,26)(H,27,33)(H,28,32)(H,29,34)(H,30,31)(H,35,36)/t13-,17-,18-/m0/s1. The van der Waals surface area contributed by atoms with Crippen molar-refractivity contribution in [2.75, 3.05) is 0 Å². The number of aliphatic carboxylic acids is 2. The predicted octanol–water partition coefficient (Wildman–Crippen LogP) is -0.139. The number of carbonyl (C=O) groups is 5. The molecule has 0 saturated carbocycles. The van der Waals surface area contributed by atoms with E-state index in [1.807, 2.05) is 0 Å². The van der Waals surface area contributed by atoms with Gasteiger partial charge in [0, 0.05) is 17.5 Å². The lowest BCUT2D eigenvalue weighted by molar-refractivity contribution is -0.143. The van der Waals surface area contributed by atoms with E-state index < -0.39 is 54.2 Å². The zero-order valence-corrected chi connectivity index (χ0v) is 19.4. The lowest BCUT2D eigenvalue weighted by Gasteiger charge is -2.22. The number of nitrogen functional groups attached to an aromatic ring is 1. The van der Waals surface area contributed by atoms with Crippen molar-refractivity contribution in [1.29, 1.82) is 5.41 Å². The van der Waals surface area contributed by atoms with Gasteiger partial charge in [0.25, 0.3) is 5.91 Å². The average molecular weight is 498 g/mol. The van der Waals surface area contributed by atoms with Gasteiger partial charge in [-0.15, -0.1) is 0 Å². The van der Waals surface area contributed by atoms with E-state index in [1.54, 1.807) is 30.3 Å². The van der Waals surface area contributed by atoms with Crippen molar-refractivity contribution in [3.63, 3.8) is 0 Å². The summed E-state index contributed by atoms with van der Waals surface area (Å²) in [4.78, 5) is 60.6. The molecule has 12 heteroatoms. The molecular formula is C24H27N5O7. The minimum Gasteiger partial charge on any atom is -0.481 e. The Bertz CT molecular complexity index is 1140.